The summed E-state index contributed by atoms with van der Waals surface area (Å²) >= 11 is 0. The van der Waals surface area contributed by atoms with Gasteiger partial charge in [0.2, 0.25) is 5.91 Å². The predicted molar refractivity (Wildman–Crippen MR) is 113 cm³/mol. The molecule has 7 nitrogen and oxygen atoms in total. The number of urea groups is 1. The van der Waals surface area contributed by atoms with Gasteiger partial charge in [-0.05, 0) is 31.0 Å². The number of hydrogen-bond acceptors (Lipinski definition) is 4. The number of benzene rings is 1. The molecule has 2 atom stereocenters. The minimum absolute atomic E-state index is 0.156. The highest BCUT2D eigenvalue weighted by Gasteiger charge is 2.35. The van der Waals surface area contributed by atoms with Crippen LogP contribution in [0.1, 0.15) is 42.3 Å². The van der Waals surface area contributed by atoms with Gasteiger partial charge in [0, 0.05) is 20.2 Å². The van der Waals surface area contributed by atoms with Crippen molar-refractivity contribution in [3.63, 3.8) is 0 Å². The Bertz CT molecular complexity index is 1020. The van der Waals surface area contributed by atoms with Crippen LogP contribution in [0.4, 0.5) is 18.0 Å². The van der Waals surface area contributed by atoms with E-state index < -0.39 is 30.0 Å². The summed E-state index contributed by atoms with van der Waals surface area (Å²) in [5.74, 6) is -0.165. The maximum absolute atomic E-state index is 12.8. The summed E-state index contributed by atoms with van der Waals surface area (Å²) in [5.41, 5.74) is 1.87. The van der Waals surface area contributed by atoms with Crippen LogP contribution in [0.15, 0.2) is 47.7 Å². The molecule has 3 rings (SSSR count). The van der Waals surface area contributed by atoms with Gasteiger partial charge in [0.05, 0.1) is 24.3 Å². The number of nitrogens with zero attached hydrogens (tertiary/aromatic N) is 4. The molecule has 0 bridgehead atoms. The highest BCUT2D eigenvalue weighted by atomic mass is 19.4. The summed E-state index contributed by atoms with van der Waals surface area (Å²) in [5, 5.41) is 8.40. The quantitative estimate of drug-likeness (QED) is 0.776. The van der Waals surface area contributed by atoms with Crippen LogP contribution in [0.3, 0.4) is 0 Å². The summed E-state index contributed by atoms with van der Waals surface area (Å²) < 4.78 is 38.1. The van der Waals surface area contributed by atoms with Gasteiger partial charge >= 0.3 is 12.2 Å². The third-order valence-corrected chi connectivity index (χ3v) is 5.35. The Labute approximate surface area is 183 Å². The van der Waals surface area contributed by atoms with Crippen molar-refractivity contribution in [1.29, 1.82) is 0 Å². The number of hydrogen-bond donors (Lipinski definition) is 1. The van der Waals surface area contributed by atoms with Crippen LogP contribution >= 0.6 is 0 Å². The van der Waals surface area contributed by atoms with Gasteiger partial charge in [0.15, 0.2) is 0 Å². The largest absolute Gasteiger partial charge is 0.433 e. The van der Waals surface area contributed by atoms with Crippen molar-refractivity contribution in [1.82, 2.24) is 20.2 Å². The number of hydrazone groups is 1. The van der Waals surface area contributed by atoms with Crippen LogP contribution in [-0.2, 0) is 11.0 Å². The molecule has 170 valence electrons. The lowest BCUT2D eigenvalue weighted by Crippen LogP contribution is -2.45. The number of pyridine rings is 1. The number of aryl methyl sites for hydroxylation is 1. The maximum atomic E-state index is 12.8. The minimum atomic E-state index is -4.53. The summed E-state index contributed by atoms with van der Waals surface area (Å²) in [7, 11) is 1.65. The summed E-state index contributed by atoms with van der Waals surface area (Å²) in [6.45, 7) is 5.19. The molecule has 0 spiro atoms. The van der Waals surface area contributed by atoms with Gasteiger partial charge < -0.3 is 10.2 Å². The first-order valence-electron chi connectivity index (χ1n) is 9.97. The van der Waals surface area contributed by atoms with Crippen LogP contribution in [0, 0.1) is 6.92 Å². The third kappa shape index (κ3) is 5.06. The number of alkyl halides is 3. The lowest BCUT2D eigenvalue weighted by atomic mass is 10.0. The molecular weight excluding hydrogens is 423 g/mol. The zero-order valence-corrected chi connectivity index (χ0v) is 18.1. The summed E-state index contributed by atoms with van der Waals surface area (Å²) in [6.07, 6.45) is -3.44. The fourth-order valence-corrected chi connectivity index (χ4v) is 3.29. The number of aromatic nitrogens is 1. The molecule has 2 aromatic rings. The molecule has 1 unspecified atom stereocenters. The molecule has 0 fully saturated rings. The van der Waals surface area contributed by atoms with Crippen molar-refractivity contribution in [2.24, 2.45) is 5.10 Å². The van der Waals surface area contributed by atoms with Gasteiger partial charge in [0.1, 0.15) is 5.69 Å². The monoisotopic (exact) mass is 447 g/mol. The van der Waals surface area contributed by atoms with E-state index in [0.717, 1.165) is 23.4 Å². The van der Waals surface area contributed by atoms with Crippen LogP contribution in [0.2, 0.25) is 0 Å². The second-order valence-corrected chi connectivity index (χ2v) is 7.72. The molecule has 0 saturated carbocycles. The van der Waals surface area contributed by atoms with Crippen molar-refractivity contribution >= 4 is 17.6 Å². The van der Waals surface area contributed by atoms with Crippen molar-refractivity contribution in [3.05, 3.63) is 65.0 Å². The Morgan fingerprint density at radius 3 is 2.38 bits per heavy atom. The molecule has 10 heteroatoms. The first-order valence-corrected chi connectivity index (χ1v) is 9.97. The zero-order valence-electron chi connectivity index (χ0n) is 18.1. The lowest BCUT2D eigenvalue weighted by Gasteiger charge is -2.25. The van der Waals surface area contributed by atoms with Gasteiger partial charge in [-0.3, -0.25) is 9.78 Å². The first-order chi connectivity index (χ1) is 15.0. The molecule has 0 aliphatic carbocycles. The molecule has 32 heavy (non-hydrogen) atoms. The van der Waals surface area contributed by atoms with Crippen LogP contribution in [0.25, 0.3) is 0 Å². The van der Waals surface area contributed by atoms with Crippen molar-refractivity contribution < 1.29 is 22.8 Å². The topological polar surface area (TPSA) is 77.9 Å². The fourth-order valence-electron chi connectivity index (χ4n) is 3.29. The van der Waals surface area contributed by atoms with E-state index in [1.807, 2.05) is 31.2 Å². The van der Waals surface area contributed by atoms with Crippen molar-refractivity contribution in [2.45, 2.75) is 39.0 Å². The molecule has 1 aromatic heterocycles. The summed E-state index contributed by atoms with van der Waals surface area (Å²) in [4.78, 5) is 29.7. The fraction of sp³-hybridized carbons (Fsp3) is 0.364. The standard InChI is InChI=1S/C22H24F3N5O2/c1-13-5-7-16(8-6-13)20-18(29(4)15(3)31)12-30(28-20)21(32)27-14(2)17-9-10-19(26-11-17)22(23,24)25/h5-11,14,18H,12H2,1-4H3,(H,27,32)/t14?,18-/m1/s1. The summed E-state index contributed by atoms with van der Waals surface area (Å²) in [6, 6.07) is 8.21. The molecule has 1 aliphatic heterocycles. The molecule has 0 radical (unpaired) electrons. The van der Waals surface area contributed by atoms with E-state index in [1.165, 1.54) is 22.9 Å². The normalized spacial score (nSPS) is 17.0. The van der Waals surface area contributed by atoms with Gasteiger partial charge in [-0.15, -0.1) is 0 Å². The molecular formula is C22H24F3N5O2. The van der Waals surface area contributed by atoms with Crippen molar-refractivity contribution in [2.75, 3.05) is 13.6 Å². The van der Waals surface area contributed by atoms with E-state index in [2.05, 4.69) is 15.4 Å². The van der Waals surface area contributed by atoms with E-state index in [1.54, 1.807) is 14.0 Å². The maximum Gasteiger partial charge on any atom is 0.433 e. The van der Waals surface area contributed by atoms with E-state index in [4.69, 9.17) is 0 Å². The molecule has 1 aromatic carbocycles. The zero-order chi connectivity index (χ0) is 23.6. The molecule has 2 heterocycles. The van der Waals surface area contributed by atoms with Gasteiger partial charge in [0.25, 0.3) is 0 Å². The highest BCUT2D eigenvalue weighted by Crippen LogP contribution is 2.28. The average Bonchev–Trinajstić information content (AvgIpc) is 3.18. The van der Waals surface area contributed by atoms with Gasteiger partial charge in [-0.2, -0.15) is 18.3 Å². The number of halogens is 3. The average molecular weight is 447 g/mol. The van der Waals surface area contributed by atoms with Crippen LogP contribution in [-0.4, -0.2) is 52.2 Å². The number of likely N-dealkylation sites (N-methyl/N-ethyl adjacent to an activating group) is 1. The Kier molecular flexibility index (Phi) is 6.52. The number of carbonyl (C=O) groups is 2. The lowest BCUT2D eigenvalue weighted by molar-refractivity contribution is -0.141. The number of nitrogens with one attached hydrogen (secondary N) is 1. The van der Waals surface area contributed by atoms with Gasteiger partial charge in [-0.1, -0.05) is 35.9 Å². The highest BCUT2D eigenvalue weighted by molar-refractivity contribution is 6.07. The number of rotatable bonds is 4. The second kappa shape index (κ2) is 8.97. The number of amides is 3. The first kappa shape index (κ1) is 23.2. The molecule has 1 aliphatic rings. The molecule has 3 amide bonds. The Hall–Kier alpha value is -3.43. The molecule has 1 N–H and O–H groups in total. The predicted octanol–water partition coefficient (Wildman–Crippen LogP) is 3.75. The smallest absolute Gasteiger partial charge is 0.335 e. The molecule has 0 saturated heterocycles. The van der Waals surface area contributed by atoms with Crippen molar-refractivity contribution in [3.8, 4) is 0 Å². The van der Waals surface area contributed by atoms with Gasteiger partial charge in [-0.25, -0.2) is 9.80 Å². The third-order valence-electron chi connectivity index (χ3n) is 5.35. The van der Waals surface area contributed by atoms with E-state index in [0.29, 0.717) is 11.3 Å². The number of carbonyl (C=O) groups excluding carboxylic acids is 2. The minimum Gasteiger partial charge on any atom is -0.335 e. The van der Waals surface area contributed by atoms with Crippen LogP contribution < -0.4 is 5.32 Å². The Morgan fingerprint density at radius 1 is 1.19 bits per heavy atom. The SMILES string of the molecule is CC(=O)N(C)[C@@H]1CN(C(=O)NC(C)c2ccc(C(F)(F)F)nc2)N=C1c1ccc(C)cc1. The van der Waals surface area contributed by atoms with E-state index in [-0.39, 0.29) is 12.5 Å². The van der Waals surface area contributed by atoms with Crippen LogP contribution in [0.5, 0.6) is 0 Å². The van der Waals surface area contributed by atoms with E-state index >= 15 is 0 Å². The second-order valence-electron chi connectivity index (χ2n) is 7.72. The Balaban J connectivity index is 1.78. The Morgan fingerprint density at radius 2 is 1.84 bits per heavy atom. The van der Waals surface area contributed by atoms with E-state index in [9.17, 15) is 22.8 Å².